The first-order valence-corrected chi connectivity index (χ1v) is 10.2. The first-order chi connectivity index (χ1) is 12.1. The molecule has 2 aliphatic heterocycles. The Hall–Kier alpha value is -1.19. The topological polar surface area (TPSA) is 79.3 Å². The molecule has 1 atom stereocenters. The molecule has 25 heavy (non-hydrogen) atoms. The zero-order chi connectivity index (χ0) is 17.7. The van der Waals surface area contributed by atoms with Crippen LogP contribution in [0.1, 0.15) is 12.8 Å². The molecule has 0 aliphatic carbocycles. The molecule has 140 valence electrons. The summed E-state index contributed by atoms with van der Waals surface area (Å²) in [5, 5.41) is 10.0. The molecule has 1 aromatic carbocycles. The van der Waals surface area contributed by atoms with Crippen molar-refractivity contribution in [2.24, 2.45) is 0 Å². The van der Waals surface area contributed by atoms with Crippen LogP contribution >= 0.6 is 0 Å². The van der Waals surface area contributed by atoms with Gasteiger partial charge in [-0.25, -0.2) is 8.42 Å². The summed E-state index contributed by atoms with van der Waals surface area (Å²) >= 11 is 0. The van der Waals surface area contributed by atoms with Gasteiger partial charge in [0, 0.05) is 19.6 Å². The van der Waals surface area contributed by atoms with Crippen LogP contribution in [0.5, 0.6) is 5.75 Å². The number of ether oxygens (including phenoxy) is 2. The van der Waals surface area contributed by atoms with Crippen LogP contribution in [0.15, 0.2) is 29.2 Å². The Bertz CT molecular complexity index is 638. The van der Waals surface area contributed by atoms with Gasteiger partial charge in [0.05, 0.1) is 18.1 Å². The Labute approximate surface area is 149 Å². The van der Waals surface area contributed by atoms with E-state index in [-0.39, 0.29) is 11.5 Å². The van der Waals surface area contributed by atoms with Gasteiger partial charge in [0.2, 0.25) is 10.0 Å². The Morgan fingerprint density at radius 2 is 1.72 bits per heavy atom. The fourth-order valence-corrected chi connectivity index (χ4v) is 4.56. The second kappa shape index (κ2) is 8.46. The average Bonchev–Trinajstić information content (AvgIpc) is 3.14. The van der Waals surface area contributed by atoms with E-state index in [1.54, 1.807) is 24.3 Å². The molecule has 0 amide bonds. The maximum Gasteiger partial charge on any atom is 0.243 e. The van der Waals surface area contributed by atoms with Crippen molar-refractivity contribution in [3.63, 3.8) is 0 Å². The first-order valence-electron chi connectivity index (χ1n) is 8.77. The van der Waals surface area contributed by atoms with Gasteiger partial charge in [-0.1, -0.05) is 0 Å². The van der Waals surface area contributed by atoms with E-state index in [0.717, 1.165) is 13.1 Å². The third-order valence-corrected chi connectivity index (χ3v) is 6.45. The van der Waals surface area contributed by atoms with Crippen molar-refractivity contribution in [1.29, 1.82) is 0 Å². The van der Waals surface area contributed by atoms with Crippen molar-refractivity contribution in [1.82, 2.24) is 9.21 Å². The molecule has 2 saturated heterocycles. The van der Waals surface area contributed by atoms with Crippen LogP contribution in [0.4, 0.5) is 0 Å². The molecule has 0 spiro atoms. The minimum absolute atomic E-state index is 0.200. The van der Waals surface area contributed by atoms with Crippen molar-refractivity contribution in [2.45, 2.75) is 23.8 Å². The number of sulfonamides is 1. The number of morpholine rings is 1. The molecule has 2 heterocycles. The third kappa shape index (κ3) is 4.92. The Balaban J connectivity index is 1.52. The normalized spacial score (nSPS) is 21.3. The van der Waals surface area contributed by atoms with Gasteiger partial charge < -0.3 is 19.5 Å². The van der Waals surface area contributed by atoms with E-state index >= 15 is 0 Å². The largest absolute Gasteiger partial charge is 0.491 e. The fraction of sp³-hybridized carbons (Fsp3) is 0.647. The predicted octanol–water partition coefficient (Wildman–Crippen LogP) is 0.543. The van der Waals surface area contributed by atoms with Crippen molar-refractivity contribution < 1.29 is 23.0 Å². The fourth-order valence-electron chi connectivity index (χ4n) is 3.15. The van der Waals surface area contributed by atoms with Crippen LogP contribution in [0, 0.1) is 0 Å². The molecule has 0 saturated carbocycles. The number of benzene rings is 1. The molecule has 8 heteroatoms. The summed E-state index contributed by atoms with van der Waals surface area (Å²) in [4.78, 5) is 2.48. The zero-order valence-corrected chi connectivity index (χ0v) is 15.2. The van der Waals surface area contributed by atoms with Crippen molar-refractivity contribution in [3.05, 3.63) is 24.3 Å². The highest BCUT2D eigenvalue weighted by atomic mass is 32.2. The molecule has 0 aromatic heterocycles. The first kappa shape index (κ1) is 18.6. The van der Waals surface area contributed by atoms with E-state index in [4.69, 9.17) is 9.47 Å². The number of β-amino-alcohol motifs (C(OH)–C–C–N with tert-alkyl or cyclic N) is 1. The van der Waals surface area contributed by atoms with Gasteiger partial charge >= 0.3 is 0 Å². The van der Waals surface area contributed by atoms with Crippen LogP contribution in [0.25, 0.3) is 0 Å². The Morgan fingerprint density at radius 3 is 2.36 bits per heavy atom. The molecule has 1 aromatic rings. The molecule has 1 N–H and O–H groups in total. The number of hydrogen-bond acceptors (Lipinski definition) is 6. The lowest BCUT2D eigenvalue weighted by Gasteiger charge is -2.26. The van der Waals surface area contributed by atoms with E-state index in [2.05, 4.69) is 4.90 Å². The minimum Gasteiger partial charge on any atom is -0.491 e. The second-order valence-electron chi connectivity index (χ2n) is 6.46. The monoisotopic (exact) mass is 370 g/mol. The lowest BCUT2D eigenvalue weighted by molar-refractivity contribution is 0.0730. The number of aliphatic hydroxyl groups excluding tert-OH is 1. The summed E-state index contributed by atoms with van der Waals surface area (Å²) in [6.07, 6.45) is 1.83. The highest BCUT2D eigenvalue weighted by Gasteiger charge is 2.26. The lowest BCUT2D eigenvalue weighted by atomic mass is 10.3. The molecule has 2 fully saturated rings. The second-order valence-corrected chi connectivity index (χ2v) is 8.40. The van der Waals surface area contributed by atoms with Crippen LogP contribution < -0.4 is 4.74 Å². The standard InChI is InChI=1S/C17H26N2O5S/c20-15(13-18-7-1-2-8-18)14-24-16-3-5-17(6-4-16)25(21,22)19-9-11-23-12-10-19/h3-6,15,20H,1-2,7-14H2/t15-/m1/s1. The molecule has 7 nitrogen and oxygen atoms in total. The molecule has 0 radical (unpaired) electrons. The lowest BCUT2D eigenvalue weighted by Crippen LogP contribution is -2.40. The highest BCUT2D eigenvalue weighted by molar-refractivity contribution is 7.89. The van der Waals surface area contributed by atoms with Gasteiger partial charge in [0.15, 0.2) is 0 Å². The van der Waals surface area contributed by atoms with Gasteiger partial charge in [-0.05, 0) is 50.2 Å². The maximum atomic E-state index is 12.5. The number of rotatable bonds is 7. The minimum atomic E-state index is -3.48. The quantitative estimate of drug-likeness (QED) is 0.755. The summed E-state index contributed by atoms with van der Waals surface area (Å²) in [5.41, 5.74) is 0. The Kier molecular flexibility index (Phi) is 6.29. The molecule has 0 unspecified atom stereocenters. The van der Waals surface area contributed by atoms with Crippen LogP contribution in [0.2, 0.25) is 0 Å². The third-order valence-electron chi connectivity index (χ3n) is 4.54. The van der Waals surface area contributed by atoms with Gasteiger partial charge in [0.25, 0.3) is 0 Å². The molecular formula is C17H26N2O5S. The summed E-state index contributed by atoms with van der Waals surface area (Å²) in [5.74, 6) is 0.557. The van der Waals surface area contributed by atoms with Crippen molar-refractivity contribution >= 4 is 10.0 Å². The molecule has 3 rings (SSSR count). The summed E-state index contributed by atoms with van der Waals surface area (Å²) in [6, 6.07) is 6.37. The zero-order valence-electron chi connectivity index (χ0n) is 14.3. The number of likely N-dealkylation sites (tertiary alicyclic amines) is 1. The van der Waals surface area contributed by atoms with Gasteiger partial charge in [-0.3, -0.25) is 0 Å². The summed E-state index contributed by atoms with van der Waals surface area (Å²) < 4.78 is 37.3. The number of nitrogens with zero attached hydrogens (tertiary/aromatic N) is 2. The molecular weight excluding hydrogens is 344 g/mol. The highest BCUT2D eigenvalue weighted by Crippen LogP contribution is 2.20. The van der Waals surface area contributed by atoms with Crippen LogP contribution in [-0.4, -0.2) is 81.4 Å². The predicted molar refractivity (Wildman–Crippen MR) is 93.2 cm³/mol. The number of aliphatic hydroxyl groups is 1. The Morgan fingerprint density at radius 1 is 1.08 bits per heavy atom. The van der Waals surface area contributed by atoms with E-state index in [1.807, 2.05) is 0 Å². The SMILES string of the molecule is O=S(=O)(c1ccc(OC[C@H](O)CN2CCCC2)cc1)N1CCOCC1. The molecule has 0 bridgehead atoms. The van der Waals surface area contributed by atoms with Crippen LogP contribution in [0.3, 0.4) is 0 Å². The smallest absolute Gasteiger partial charge is 0.243 e. The number of hydrogen-bond donors (Lipinski definition) is 1. The van der Waals surface area contributed by atoms with E-state index < -0.39 is 16.1 Å². The molecule has 2 aliphatic rings. The van der Waals surface area contributed by atoms with Gasteiger partial charge in [-0.2, -0.15) is 4.31 Å². The summed E-state index contributed by atoms with van der Waals surface area (Å²) in [7, 11) is -3.48. The van der Waals surface area contributed by atoms with E-state index in [0.29, 0.717) is 38.6 Å². The van der Waals surface area contributed by atoms with E-state index in [1.165, 1.54) is 17.1 Å². The summed E-state index contributed by atoms with van der Waals surface area (Å²) in [6.45, 7) is 4.49. The van der Waals surface area contributed by atoms with Gasteiger partial charge in [-0.15, -0.1) is 0 Å². The van der Waals surface area contributed by atoms with Crippen LogP contribution in [-0.2, 0) is 14.8 Å². The maximum absolute atomic E-state index is 12.5. The van der Waals surface area contributed by atoms with E-state index in [9.17, 15) is 13.5 Å². The van der Waals surface area contributed by atoms with Gasteiger partial charge in [0.1, 0.15) is 18.5 Å². The average molecular weight is 370 g/mol. The van der Waals surface area contributed by atoms with Crippen molar-refractivity contribution in [2.75, 3.05) is 52.5 Å². The van der Waals surface area contributed by atoms with Crippen molar-refractivity contribution in [3.8, 4) is 5.75 Å².